The lowest BCUT2D eigenvalue weighted by molar-refractivity contribution is -0.126. The number of nitrogens with zero attached hydrogens (tertiary/aromatic N) is 3. The monoisotopic (exact) mass is 434 g/mol. The van der Waals surface area contributed by atoms with E-state index >= 15 is 0 Å². The van der Waals surface area contributed by atoms with Gasteiger partial charge in [0.05, 0.1) is 13.7 Å². The summed E-state index contributed by atoms with van der Waals surface area (Å²) in [6.45, 7) is 3.03. The molecule has 2 heterocycles. The van der Waals surface area contributed by atoms with Crippen LogP contribution in [0.4, 0.5) is 0 Å². The van der Waals surface area contributed by atoms with Crippen molar-refractivity contribution >= 4 is 5.91 Å². The number of hydrogen-bond acceptors (Lipinski definition) is 6. The summed E-state index contributed by atoms with van der Waals surface area (Å²) >= 11 is 0. The largest absolute Gasteiger partial charge is 0.497 e. The van der Waals surface area contributed by atoms with Gasteiger partial charge in [0, 0.05) is 18.0 Å². The zero-order chi connectivity index (χ0) is 22.2. The molecule has 168 valence electrons. The number of piperidine rings is 1. The highest BCUT2D eigenvalue weighted by Crippen LogP contribution is 2.22. The predicted octanol–water partition coefficient (Wildman–Crippen LogP) is 3.71. The minimum Gasteiger partial charge on any atom is -0.497 e. The average molecular weight is 435 g/mol. The van der Waals surface area contributed by atoms with Crippen molar-refractivity contribution < 1.29 is 14.1 Å². The summed E-state index contributed by atoms with van der Waals surface area (Å²) in [4.78, 5) is 19.3. The van der Waals surface area contributed by atoms with Crippen molar-refractivity contribution in [3.05, 3.63) is 66.1 Å². The first-order valence-electron chi connectivity index (χ1n) is 11.2. The fourth-order valence-electron chi connectivity index (χ4n) is 4.01. The second-order valence-corrected chi connectivity index (χ2v) is 8.17. The van der Waals surface area contributed by atoms with E-state index in [1.54, 1.807) is 7.11 Å². The van der Waals surface area contributed by atoms with Crippen LogP contribution in [-0.2, 0) is 17.8 Å². The van der Waals surface area contributed by atoms with Gasteiger partial charge < -0.3 is 14.6 Å². The molecular weight excluding hydrogens is 404 g/mol. The third-order valence-corrected chi connectivity index (χ3v) is 5.92. The Bertz CT molecular complexity index is 980. The molecule has 1 saturated heterocycles. The van der Waals surface area contributed by atoms with Gasteiger partial charge in [-0.15, -0.1) is 0 Å². The van der Waals surface area contributed by atoms with E-state index in [0.717, 1.165) is 56.6 Å². The van der Waals surface area contributed by atoms with Gasteiger partial charge in [-0.3, -0.25) is 9.69 Å². The third kappa shape index (κ3) is 5.95. The smallest absolute Gasteiger partial charge is 0.241 e. The second-order valence-electron chi connectivity index (χ2n) is 8.17. The molecule has 0 aliphatic carbocycles. The van der Waals surface area contributed by atoms with Crippen LogP contribution < -0.4 is 10.1 Å². The van der Waals surface area contributed by atoms with Crippen molar-refractivity contribution in [2.24, 2.45) is 5.92 Å². The molecule has 0 radical (unpaired) electrons. The number of ether oxygens (including phenoxy) is 1. The minimum absolute atomic E-state index is 0.0838. The molecule has 0 spiro atoms. The Labute approximate surface area is 188 Å². The summed E-state index contributed by atoms with van der Waals surface area (Å²) in [6, 6.07) is 18.0. The van der Waals surface area contributed by atoms with Crippen molar-refractivity contribution in [1.82, 2.24) is 20.4 Å². The molecule has 1 aliphatic heterocycles. The quantitative estimate of drug-likeness (QED) is 0.517. The molecule has 0 bridgehead atoms. The molecule has 1 fully saturated rings. The molecule has 4 rings (SSSR count). The maximum absolute atomic E-state index is 12.5. The normalized spacial score (nSPS) is 14.9. The summed E-state index contributed by atoms with van der Waals surface area (Å²) in [5.74, 6) is 2.23. The van der Waals surface area contributed by atoms with E-state index < -0.39 is 0 Å². The van der Waals surface area contributed by atoms with Gasteiger partial charge in [0.1, 0.15) is 5.75 Å². The number of likely N-dealkylation sites (tertiary alicyclic amines) is 1. The van der Waals surface area contributed by atoms with Crippen molar-refractivity contribution in [3.8, 4) is 17.1 Å². The Hall–Kier alpha value is -3.19. The molecule has 2 aromatic carbocycles. The van der Waals surface area contributed by atoms with Gasteiger partial charge in [-0.2, -0.15) is 4.98 Å². The van der Waals surface area contributed by atoms with E-state index in [1.165, 1.54) is 5.56 Å². The van der Waals surface area contributed by atoms with Crippen LogP contribution >= 0.6 is 0 Å². The van der Waals surface area contributed by atoms with Gasteiger partial charge in [0.15, 0.2) is 0 Å². The van der Waals surface area contributed by atoms with Crippen LogP contribution in [-0.4, -0.2) is 47.7 Å². The molecule has 1 N–H and O–H groups in total. The number of benzene rings is 2. The third-order valence-electron chi connectivity index (χ3n) is 5.92. The van der Waals surface area contributed by atoms with Gasteiger partial charge >= 0.3 is 0 Å². The highest BCUT2D eigenvalue weighted by Gasteiger charge is 2.25. The number of hydrogen-bond donors (Lipinski definition) is 1. The summed E-state index contributed by atoms with van der Waals surface area (Å²) in [5, 5.41) is 7.21. The number of amides is 1. The summed E-state index contributed by atoms with van der Waals surface area (Å²) < 4.78 is 10.6. The predicted molar refractivity (Wildman–Crippen MR) is 122 cm³/mol. The Morgan fingerprint density at radius 2 is 1.88 bits per heavy atom. The molecule has 1 amide bonds. The lowest BCUT2D eigenvalue weighted by atomic mass is 9.96. The van der Waals surface area contributed by atoms with Crippen molar-refractivity contribution in [1.29, 1.82) is 0 Å². The molecule has 7 nitrogen and oxygen atoms in total. The van der Waals surface area contributed by atoms with Gasteiger partial charge in [-0.25, -0.2) is 0 Å². The Morgan fingerprint density at radius 3 is 2.59 bits per heavy atom. The van der Waals surface area contributed by atoms with Crippen molar-refractivity contribution in [2.45, 2.75) is 32.2 Å². The number of aromatic nitrogens is 2. The molecule has 1 aliphatic rings. The standard InChI is InChI=1S/C25H30N4O3/c1-31-22-11-9-20(10-12-22)24-27-23(32-28-24)18-29-16-13-21(14-17-29)25(30)26-15-5-8-19-6-3-2-4-7-19/h2-4,6-7,9-12,21H,5,8,13-18H2,1H3,(H,26,30). The first-order valence-corrected chi connectivity index (χ1v) is 11.2. The lowest BCUT2D eigenvalue weighted by Crippen LogP contribution is -2.40. The Morgan fingerprint density at radius 1 is 1.12 bits per heavy atom. The summed E-state index contributed by atoms with van der Waals surface area (Å²) in [6.07, 6.45) is 3.65. The molecule has 3 aromatic rings. The van der Waals surface area contributed by atoms with Crippen LogP contribution in [0.2, 0.25) is 0 Å². The number of methoxy groups -OCH3 is 1. The van der Waals surface area contributed by atoms with Crippen molar-refractivity contribution in [2.75, 3.05) is 26.7 Å². The van der Waals surface area contributed by atoms with Crippen LogP contribution in [0.15, 0.2) is 59.1 Å². The van der Waals surface area contributed by atoms with Crippen LogP contribution in [0.5, 0.6) is 5.75 Å². The van der Waals surface area contributed by atoms with Gasteiger partial charge in [0.25, 0.3) is 0 Å². The van der Waals surface area contributed by atoms with Crippen molar-refractivity contribution in [3.63, 3.8) is 0 Å². The SMILES string of the molecule is COc1ccc(-c2noc(CN3CCC(C(=O)NCCCc4ccccc4)CC3)n2)cc1. The van der Waals surface area contributed by atoms with E-state index in [1.807, 2.05) is 30.3 Å². The molecular formula is C25H30N4O3. The fraction of sp³-hybridized carbons (Fsp3) is 0.400. The van der Waals surface area contributed by atoms with Crippen LogP contribution in [0.25, 0.3) is 11.4 Å². The Balaban J connectivity index is 1.18. The summed E-state index contributed by atoms with van der Waals surface area (Å²) in [7, 11) is 1.64. The van der Waals surface area contributed by atoms with E-state index in [9.17, 15) is 4.79 Å². The number of aryl methyl sites for hydroxylation is 1. The fourth-order valence-corrected chi connectivity index (χ4v) is 4.01. The maximum Gasteiger partial charge on any atom is 0.241 e. The zero-order valence-corrected chi connectivity index (χ0v) is 18.5. The Kier molecular flexibility index (Phi) is 7.51. The lowest BCUT2D eigenvalue weighted by Gasteiger charge is -2.30. The van der Waals surface area contributed by atoms with Gasteiger partial charge in [0.2, 0.25) is 17.6 Å². The average Bonchev–Trinajstić information content (AvgIpc) is 3.31. The van der Waals surface area contributed by atoms with Gasteiger partial charge in [-0.05, 0) is 68.6 Å². The molecule has 0 unspecified atom stereocenters. The molecule has 7 heteroatoms. The molecule has 0 atom stereocenters. The summed E-state index contributed by atoms with van der Waals surface area (Å²) in [5.41, 5.74) is 2.20. The minimum atomic E-state index is 0.0838. The molecule has 32 heavy (non-hydrogen) atoms. The number of nitrogens with one attached hydrogen (secondary N) is 1. The topological polar surface area (TPSA) is 80.5 Å². The number of rotatable bonds is 9. The molecule has 0 saturated carbocycles. The van der Waals surface area contributed by atoms with Crippen LogP contribution in [0, 0.1) is 5.92 Å². The van der Waals surface area contributed by atoms with E-state index in [4.69, 9.17) is 9.26 Å². The number of carbonyl (C=O) groups excluding carboxylic acids is 1. The first kappa shape index (κ1) is 22.0. The van der Waals surface area contributed by atoms with E-state index in [-0.39, 0.29) is 11.8 Å². The highest BCUT2D eigenvalue weighted by atomic mass is 16.5. The molecule has 1 aromatic heterocycles. The van der Waals surface area contributed by atoms with E-state index in [2.05, 4.69) is 44.6 Å². The van der Waals surface area contributed by atoms with E-state index in [0.29, 0.717) is 18.3 Å². The second kappa shape index (κ2) is 10.9. The maximum atomic E-state index is 12.5. The van der Waals surface area contributed by atoms with Crippen LogP contribution in [0.3, 0.4) is 0 Å². The highest BCUT2D eigenvalue weighted by molar-refractivity contribution is 5.78. The van der Waals surface area contributed by atoms with Gasteiger partial charge in [-0.1, -0.05) is 35.5 Å². The zero-order valence-electron chi connectivity index (χ0n) is 18.5. The number of carbonyl (C=O) groups is 1. The first-order chi connectivity index (χ1) is 15.7. The van der Waals surface area contributed by atoms with Crippen LogP contribution in [0.1, 0.15) is 30.7 Å².